The molecule has 4 aromatic rings. The van der Waals surface area contributed by atoms with E-state index in [-0.39, 0.29) is 0 Å². The van der Waals surface area contributed by atoms with E-state index in [4.69, 9.17) is 4.42 Å². The van der Waals surface area contributed by atoms with Gasteiger partial charge in [0.1, 0.15) is 11.6 Å². The van der Waals surface area contributed by atoms with Crippen LogP contribution in [0.2, 0.25) is 0 Å². The number of H-pyrrole nitrogens is 1. The fraction of sp³-hybridized carbons (Fsp3) is 0.158. The van der Waals surface area contributed by atoms with E-state index in [0.717, 1.165) is 24.5 Å². The minimum absolute atomic E-state index is 0.561. The molecule has 0 bridgehead atoms. The number of nitrogens with zero attached hydrogens (tertiary/aromatic N) is 2. The van der Waals surface area contributed by atoms with Gasteiger partial charge in [-0.15, -0.1) is 0 Å². The van der Waals surface area contributed by atoms with Crippen molar-refractivity contribution in [3.05, 3.63) is 72.4 Å². The van der Waals surface area contributed by atoms with Crippen LogP contribution in [0.15, 0.2) is 65.5 Å². The molecule has 3 heterocycles. The van der Waals surface area contributed by atoms with Gasteiger partial charge in [0.15, 0.2) is 0 Å². The number of hydrogen-bond acceptors (Lipinski definition) is 5. The molecule has 0 saturated carbocycles. The second kappa shape index (κ2) is 7.09. The zero-order valence-electron chi connectivity index (χ0n) is 13.7. The number of furan rings is 1. The van der Waals surface area contributed by atoms with Crippen LogP contribution in [0.4, 0.5) is 11.8 Å². The third kappa shape index (κ3) is 3.63. The first-order valence-corrected chi connectivity index (χ1v) is 8.27. The van der Waals surface area contributed by atoms with Crippen molar-refractivity contribution in [3.63, 3.8) is 0 Å². The maximum absolute atomic E-state index is 5.29. The molecule has 0 radical (unpaired) electrons. The van der Waals surface area contributed by atoms with Crippen LogP contribution < -0.4 is 10.6 Å². The van der Waals surface area contributed by atoms with Crippen molar-refractivity contribution in [1.29, 1.82) is 0 Å². The van der Waals surface area contributed by atoms with Crippen LogP contribution >= 0.6 is 0 Å². The first-order valence-electron chi connectivity index (χ1n) is 8.27. The second-order valence-corrected chi connectivity index (χ2v) is 5.73. The predicted octanol–water partition coefficient (Wildman–Crippen LogP) is 3.82. The van der Waals surface area contributed by atoms with Crippen molar-refractivity contribution in [1.82, 2.24) is 15.0 Å². The highest BCUT2D eigenvalue weighted by molar-refractivity contribution is 5.83. The molecule has 3 aromatic heterocycles. The Bertz CT molecular complexity index is 945. The number of anilines is 2. The average Bonchev–Trinajstić information content (AvgIpc) is 3.31. The lowest BCUT2D eigenvalue weighted by molar-refractivity contribution is 0.517. The summed E-state index contributed by atoms with van der Waals surface area (Å²) in [4.78, 5) is 12.0. The normalized spacial score (nSPS) is 10.9. The molecule has 3 N–H and O–H groups in total. The van der Waals surface area contributed by atoms with Crippen molar-refractivity contribution in [2.45, 2.75) is 13.0 Å². The molecule has 126 valence electrons. The number of hydrogen-bond donors (Lipinski definition) is 3. The smallest absolute Gasteiger partial charge is 0.224 e. The van der Waals surface area contributed by atoms with Gasteiger partial charge in [-0.1, -0.05) is 18.2 Å². The topological polar surface area (TPSA) is 78.8 Å². The summed E-state index contributed by atoms with van der Waals surface area (Å²) in [7, 11) is 0. The Hall–Kier alpha value is -3.28. The van der Waals surface area contributed by atoms with E-state index in [0.29, 0.717) is 12.5 Å². The number of aromatic amines is 1. The monoisotopic (exact) mass is 333 g/mol. The molecular weight excluding hydrogens is 314 g/mol. The molecule has 4 rings (SSSR count). The zero-order valence-corrected chi connectivity index (χ0v) is 13.7. The van der Waals surface area contributed by atoms with Gasteiger partial charge in [-0.05, 0) is 36.2 Å². The van der Waals surface area contributed by atoms with Crippen molar-refractivity contribution in [2.24, 2.45) is 0 Å². The van der Waals surface area contributed by atoms with Crippen LogP contribution in [0.3, 0.4) is 0 Å². The Morgan fingerprint density at radius 1 is 1.04 bits per heavy atom. The molecular formula is C19H19N5O. The molecule has 0 fully saturated rings. The van der Waals surface area contributed by atoms with E-state index in [1.807, 2.05) is 24.3 Å². The fourth-order valence-electron chi connectivity index (χ4n) is 2.79. The maximum atomic E-state index is 5.29. The first-order chi connectivity index (χ1) is 12.4. The van der Waals surface area contributed by atoms with Gasteiger partial charge in [0, 0.05) is 29.8 Å². The van der Waals surface area contributed by atoms with Crippen LogP contribution in [-0.2, 0) is 13.0 Å². The lowest BCUT2D eigenvalue weighted by Crippen LogP contribution is -2.08. The van der Waals surface area contributed by atoms with E-state index < -0.39 is 0 Å². The number of nitrogens with one attached hydrogen (secondary N) is 3. The van der Waals surface area contributed by atoms with Gasteiger partial charge >= 0.3 is 0 Å². The second-order valence-electron chi connectivity index (χ2n) is 5.73. The Kier molecular flexibility index (Phi) is 4.33. The van der Waals surface area contributed by atoms with Gasteiger partial charge in [-0.25, -0.2) is 4.98 Å². The highest BCUT2D eigenvalue weighted by atomic mass is 16.3. The summed E-state index contributed by atoms with van der Waals surface area (Å²) in [6, 6.07) is 14.0. The van der Waals surface area contributed by atoms with Gasteiger partial charge in [0.2, 0.25) is 5.95 Å². The Labute approximate surface area is 145 Å². The van der Waals surface area contributed by atoms with Gasteiger partial charge in [-0.3, -0.25) is 0 Å². The predicted molar refractivity (Wildman–Crippen MR) is 98.6 cm³/mol. The van der Waals surface area contributed by atoms with Gasteiger partial charge in [-0.2, -0.15) is 4.98 Å². The Balaban J connectivity index is 1.34. The van der Waals surface area contributed by atoms with Crippen LogP contribution in [0.1, 0.15) is 11.3 Å². The molecule has 0 unspecified atom stereocenters. The van der Waals surface area contributed by atoms with Gasteiger partial charge < -0.3 is 20.0 Å². The summed E-state index contributed by atoms with van der Waals surface area (Å²) in [6.07, 6.45) is 6.39. The standard InChI is InChI=1S/C19H19N5O/c1-2-6-17-16(5-1)14(12-22-17)7-9-20-18-8-10-21-19(24-18)23-13-15-4-3-11-25-15/h1-6,8,10-12,22H,7,9,13H2,(H2,20,21,23,24). The quantitative estimate of drug-likeness (QED) is 0.479. The summed E-state index contributed by atoms with van der Waals surface area (Å²) in [5.74, 6) is 2.23. The average molecular weight is 333 g/mol. The molecule has 6 nitrogen and oxygen atoms in total. The summed E-state index contributed by atoms with van der Waals surface area (Å²) >= 11 is 0. The lowest BCUT2D eigenvalue weighted by atomic mass is 10.1. The molecule has 25 heavy (non-hydrogen) atoms. The maximum Gasteiger partial charge on any atom is 0.224 e. The fourth-order valence-corrected chi connectivity index (χ4v) is 2.79. The van der Waals surface area contributed by atoms with Gasteiger partial charge in [0.25, 0.3) is 0 Å². The van der Waals surface area contributed by atoms with Crippen molar-refractivity contribution < 1.29 is 4.42 Å². The van der Waals surface area contributed by atoms with Crippen molar-refractivity contribution >= 4 is 22.7 Å². The Morgan fingerprint density at radius 3 is 2.92 bits per heavy atom. The van der Waals surface area contributed by atoms with Gasteiger partial charge in [0.05, 0.1) is 12.8 Å². The van der Waals surface area contributed by atoms with E-state index in [9.17, 15) is 0 Å². The van der Waals surface area contributed by atoms with Crippen LogP contribution in [0.5, 0.6) is 0 Å². The van der Waals surface area contributed by atoms with E-state index in [2.05, 4.69) is 50.0 Å². The minimum atomic E-state index is 0.561. The highest BCUT2D eigenvalue weighted by Crippen LogP contribution is 2.18. The first kappa shape index (κ1) is 15.3. The van der Waals surface area contributed by atoms with Crippen LogP contribution in [0.25, 0.3) is 10.9 Å². The third-order valence-electron chi connectivity index (χ3n) is 4.03. The van der Waals surface area contributed by atoms with Crippen LogP contribution in [0, 0.1) is 0 Å². The summed E-state index contributed by atoms with van der Waals surface area (Å²) in [5.41, 5.74) is 2.47. The third-order valence-corrected chi connectivity index (χ3v) is 4.03. The summed E-state index contributed by atoms with van der Waals surface area (Å²) < 4.78 is 5.29. The molecule has 0 aliphatic heterocycles. The molecule has 0 spiro atoms. The van der Waals surface area contributed by atoms with Crippen LogP contribution in [-0.4, -0.2) is 21.5 Å². The number of para-hydroxylation sites is 1. The Morgan fingerprint density at radius 2 is 2.00 bits per heavy atom. The van der Waals surface area contributed by atoms with Crippen molar-refractivity contribution in [2.75, 3.05) is 17.2 Å². The number of rotatable bonds is 7. The summed E-state index contributed by atoms with van der Waals surface area (Å²) in [6.45, 7) is 1.36. The zero-order chi connectivity index (χ0) is 16.9. The molecule has 0 atom stereocenters. The molecule has 0 saturated heterocycles. The SMILES string of the molecule is c1coc(CNc2nccc(NCCc3c[nH]c4ccccc34)n2)c1. The molecule has 0 aliphatic carbocycles. The largest absolute Gasteiger partial charge is 0.467 e. The minimum Gasteiger partial charge on any atom is -0.467 e. The van der Waals surface area contributed by atoms with Crippen molar-refractivity contribution in [3.8, 4) is 0 Å². The van der Waals surface area contributed by atoms with E-state index in [1.54, 1.807) is 12.5 Å². The molecule has 0 amide bonds. The highest BCUT2D eigenvalue weighted by Gasteiger charge is 2.04. The summed E-state index contributed by atoms with van der Waals surface area (Å²) in [5, 5.41) is 7.78. The number of aromatic nitrogens is 3. The lowest BCUT2D eigenvalue weighted by Gasteiger charge is -2.07. The number of fused-ring (bicyclic) bond motifs is 1. The number of benzene rings is 1. The van der Waals surface area contributed by atoms with E-state index in [1.165, 1.54) is 16.5 Å². The molecule has 1 aromatic carbocycles. The molecule has 6 heteroatoms. The van der Waals surface area contributed by atoms with E-state index >= 15 is 0 Å². The molecule has 0 aliphatic rings.